The molecule has 0 radical (unpaired) electrons. The Labute approximate surface area is 162 Å². The molecular weight excluding hydrogens is 359 g/mol. The molecule has 2 N–H and O–H groups in total. The van der Waals surface area contributed by atoms with Gasteiger partial charge in [0.15, 0.2) is 0 Å². The number of aromatic nitrogens is 2. The Balaban J connectivity index is 1.40. The van der Waals surface area contributed by atoms with Gasteiger partial charge in [-0.1, -0.05) is 0 Å². The van der Waals surface area contributed by atoms with Gasteiger partial charge in [0.25, 0.3) is 5.91 Å². The fraction of sp³-hybridized carbons (Fsp3) is 0.238. The minimum Gasteiger partial charge on any atom is -0.380 e. The van der Waals surface area contributed by atoms with E-state index >= 15 is 0 Å². The predicted molar refractivity (Wildman–Crippen MR) is 106 cm³/mol. The minimum absolute atomic E-state index is 0.273. The van der Waals surface area contributed by atoms with Crippen LogP contribution in [0.3, 0.4) is 0 Å². The maximum atomic E-state index is 13.0. The Bertz CT molecular complexity index is 953. The first-order valence-corrected chi connectivity index (χ1v) is 9.13. The van der Waals surface area contributed by atoms with Crippen LogP contribution >= 0.6 is 0 Å². The zero-order valence-electron chi connectivity index (χ0n) is 15.5. The second kappa shape index (κ2) is 7.82. The Morgan fingerprint density at radius 1 is 1.21 bits per heavy atom. The number of nitrogens with zero attached hydrogens (tertiary/aromatic N) is 2. The van der Waals surface area contributed by atoms with Gasteiger partial charge in [-0.05, 0) is 61.0 Å². The van der Waals surface area contributed by atoms with E-state index in [0.29, 0.717) is 17.1 Å². The molecule has 1 aliphatic heterocycles. The van der Waals surface area contributed by atoms with E-state index in [-0.39, 0.29) is 17.8 Å². The van der Waals surface area contributed by atoms with Crippen LogP contribution in [0.2, 0.25) is 0 Å². The number of H-pyrrole nitrogens is 1. The molecule has 2 aromatic carbocycles. The first-order valence-electron chi connectivity index (χ1n) is 9.13. The lowest BCUT2D eigenvalue weighted by atomic mass is 10.1. The van der Waals surface area contributed by atoms with Gasteiger partial charge < -0.3 is 15.0 Å². The number of aromatic amines is 1. The molecule has 1 saturated heterocycles. The third-order valence-corrected chi connectivity index (χ3v) is 4.93. The van der Waals surface area contributed by atoms with E-state index < -0.39 is 0 Å². The minimum atomic E-state index is -0.313. The Kier molecular flexibility index (Phi) is 5.08. The van der Waals surface area contributed by atoms with Gasteiger partial charge >= 0.3 is 0 Å². The highest BCUT2D eigenvalue weighted by Gasteiger charge is 2.22. The third kappa shape index (κ3) is 3.89. The second-order valence-electron chi connectivity index (χ2n) is 6.77. The summed E-state index contributed by atoms with van der Waals surface area (Å²) >= 11 is 0. The molecule has 7 heteroatoms. The predicted octanol–water partition coefficient (Wildman–Crippen LogP) is 3.69. The van der Waals surface area contributed by atoms with Crippen LogP contribution in [0.15, 0.2) is 54.6 Å². The van der Waals surface area contributed by atoms with Crippen molar-refractivity contribution in [2.24, 2.45) is 0 Å². The van der Waals surface area contributed by atoms with Crippen LogP contribution in [0.4, 0.5) is 15.8 Å². The fourth-order valence-corrected chi connectivity index (χ4v) is 3.32. The molecule has 1 atom stereocenters. The van der Waals surface area contributed by atoms with Crippen molar-refractivity contribution in [2.45, 2.75) is 12.5 Å². The number of methoxy groups -OCH3 is 1. The number of anilines is 2. The van der Waals surface area contributed by atoms with Gasteiger partial charge in [0.2, 0.25) is 0 Å². The largest absolute Gasteiger partial charge is 0.380 e. The Morgan fingerprint density at radius 3 is 2.64 bits per heavy atom. The van der Waals surface area contributed by atoms with Crippen LogP contribution in [-0.2, 0) is 4.74 Å². The van der Waals surface area contributed by atoms with Gasteiger partial charge in [-0.15, -0.1) is 0 Å². The van der Waals surface area contributed by atoms with E-state index in [1.54, 1.807) is 25.3 Å². The average Bonchev–Trinajstić information content (AvgIpc) is 3.39. The van der Waals surface area contributed by atoms with E-state index in [2.05, 4.69) is 20.4 Å². The van der Waals surface area contributed by atoms with Gasteiger partial charge in [0, 0.05) is 37.1 Å². The van der Waals surface area contributed by atoms with Crippen molar-refractivity contribution in [2.75, 3.05) is 30.4 Å². The van der Waals surface area contributed by atoms with Crippen LogP contribution in [0, 0.1) is 5.82 Å². The lowest BCUT2D eigenvalue weighted by molar-refractivity contribution is 0.102. The van der Waals surface area contributed by atoms with Gasteiger partial charge in [-0.2, -0.15) is 5.10 Å². The number of hydrogen-bond acceptors (Lipinski definition) is 4. The fourth-order valence-electron chi connectivity index (χ4n) is 3.32. The van der Waals surface area contributed by atoms with Gasteiger partial charge in [-0.3, -0.25) is 9.89 Å². The van der Waals surface area contributed by atoms with Crippen molar-refractivity contribution >= 4 is 17.3 Å². The molecule has 1 fully saturated rings. The lowest BCUT2D eigenvalue weighted by Gasteiger charge is -2.18. The number of ether oxygens (including phenoxy) is 1. The molecule has 0 spiro atoms. The van der Waals surface area contributed by atoms with Gasteiger partial charge in [0.05, 0.1) is 11.8 Å². The standard InChI is InChI=1S/C21H21FN4O2/c1-28-18-10-11-26(13-18)17-8-6-16(7-9-17)23-21(27)20-12-19(24-25-20)14-2-4-15(22)5-3-14/h2-9,12,18H,10-11,13H2,1H3,(H,23,27)(H,24,25). The van der Waals surface area contributed by atoms with E-state index in [9.17, 15) is 9.18 Å². The molecule has 1 aliphatic rings. The van der Waals surface area contributed by atoms with Gasteiger partial charge in [-0.25, -0.2) is 4.39 Å². The molecule has 0 bridgehead atoms. The summed E-state index contributed by atoms with van der Waals surface area (Å²) in [5.41, 5.74) is 3.47. The highest BCUT2D eigenvalue weighted by molar-refractivity contribution is 6.03. The van der Waals surface area contributed by atoms with E-state index in [1.165, 1.54) is 12.1 Å². The Morgan fingerprint density at radius 2 is 1.96 bits per heavy atom. The van der Waals surface area contributed by atoms with Crippen molar-refractivity contribution in [3.05, 3.63) is 66.1 Å². The number of benzene rings is 2. The highest BCUT2D eigenvalue weighted by Crippen LogP contribution is 2.24. The molecule has 3 aromatic rings. The molecule has 28 heavy (non-hydrogen) atoms. The van der Waals surface area contributed by atoms with E-state index in [1.807, 2.05) is 24.3 Å². The molecule has 1 amide bonds. The number of nitrogens with one attached hydrogen (secondary N) is 2. The topological polar surface area (TPSA) is 70.2 Å². The van der Waals surface area contributed by atoms with Crippen LogP contribution in [0.5, 0.6) is 0 Å². The molecule has 1 aromatic heterocycles. The molecule has 0 aliphatic carbocycles. The number of hydrogen-bond donors (Lipinski definition) is 2. The third-order valence-electron chi connectivity index (χ3n) is 4.93. The van der Waals surface area contributed by atoms with Gasteiger partial charge in [0.1, 0.15) is 11.5 Å². The molecule has 6 nitrogen and oxygen atoms in total. The maximum absolute atomic E-state index is 13.0. The highest BCUT2D eigenvalue weighted by atomic mass is 19.1. The average molecular weight is 380 g/mol. The van der Waals surface area contributed by atoms with Crippen LogP contribution in [0.25, 0.3) is 11.3 Å². The lowest BCUT2D eigenvalue weighted by Crippen LogP contribution is -2.22. The first kappa shape index (κ1) is 18.2. The van der Waals surface area contributed by atoms with Crippen molar-refractivity contribution in [1.29, 1.82) is 0 Å². The smallest absolute Gasteiger partial charge is 0.273 e. The quantitative estimate of drug-likeness (QED) is 0.708. The van der Waals surface area contributed by atoms with Crippen LogP contribution in [0.1, 0.15) is 16.9 Å². The second-order valence-corrected chi connectivity index (χ2v) is 6.77. The zero-order chi connectivity index (χ0) is 19.5. The zero-order valence-corrected chi connectivity index (χ0v) is 15.5. The summed E-state index contributed by atoms with van der Waals surface area (Å²) in [4.78, 5) is 14.7. The van der Waals surface area contributed by atoms with E-state index in [0.717, 1.165) is 30.8 Å². The van der Waals surface area contributed by atoms with Crippen molar-refractivity contribution in [3.63, 3.8) is 0 Å². The number of carbonyl (C=O) groups is 1. The van der Waals surface area contributed by atoms with E-state index in [4.69, 9.17) is 4.74 Å². The summed E-state index contributed by atoms with van der Waals surface area (Å²) in [6.07, 6.45) is 1.29. The maximum Gasteiger partial charge on any atom is 0.273 e. The monoisotopic (exact) mass is 380 g/mol. The molecule has 1 unspecified atom stereocenters. The summed E-state index contributed by atoms with van der Waals surface area (Å²) in [6, 6.07) is 15.4. The normalized spacial score (nSPS) is 16.4. The van der Waals surface area contributed by atoms with Crippen LogP contribution in [-0.4, -0.2) is 42.4 Å². The van der Waals surface area contributed by atoms with Crippen molar-refractivity contribution in [3.8, 4) is 11.3 Å². The summed E-state index contributed by atoms with van der Waals surface area (Å²) in [7, 11) is 1.74. The molecule has 144 valence electrons. The van der Waals surface area contributed by atoms with Crippen molar-refractivity contribution in [1.82, 2.24) is 10.2 Å². The number of carbonyl (C=O) groups excluding carboxylic acids is 1. The molecule has 0 saturated carbocycles. The van der Waals surface area contributed by atoms with Crippen molar-refractivity contribution < 1.29 is 13.9 Å². The summed E-state index contributed by atoms with van der Waals surface area (Å²) in [5, 5.41) is 9.72. The molecule has 4 rings (SSSR count). The first-order chi connectivity index (χ1) is 13.6. The molecule has 2 heterocycles. The summed E-state index contributed by atoms with van der Waals surface area (Å²) in [5.74, 6) is -0.596. The number of rotatable bonds is 5. The number of halogens is 1. The summed E-state index contributed by atoms with van der Waals surface area (Å²) < 4.78 is 18.4. The van der Waals surface area contributed by atoms with Crippen LogP contribution < -0.4 is 10.2 Å². The summed E-state index contributed by atoms with van der Waals surface area (Å²) in [6.45, 7) is 1.84. The molecular formula is C21H21FN4O2. The number of amides is 1. The SMILES string of the molecule is COC1CCN(c2ccc(NC(=O)c3cc(-c4ccc(F)cc4)n[nH]3)cc2)C1. The Hall–Kier alpha value is -3.19.